The van der Waals surface area contributed by atoms with Crippen LogP contribution in [-0.4, -0.2) is 50.2 Å². The molecule has 5 heteroatoms. The lowest BCUT2D eigenvalue weighted by Crippen LogP contribution is -2.58. The molecule has 3 heterocycles. The van der Waals surface area contributed by atoms with E-state index in [0.717, 1.165) is 37.8 Å². The molecule has 3 aliphatic rings. The first-order valence-corrected chi connectivity index (χ1v) is 10.3. The molecule has 0 aliphatic carbocycles. The van der Waals surface area contributed by atoms with Crippen LogP contribution in [0.3, 0.4) is 0 Å². The van der Waals surface area contributed by atoms with Gasteiger partial charge >= 0.3 is 6.03 Å². The van der Waals surface area contributed by atoms with Crippen molar-refractivity contribution in [2.45, 2.75) is 18.9 Å². The summed E-state index contributed by atoms with van der Waals surface area (Å²) in [4.78, 5) is 17.1. The van der Waals surface area contributed by atoms with E-state index in [9.17, 15) is 4.79 Å². The Balaban J connectivity index is 1.26. The van der Waals surface area contributed by atoms with Crippen LogP contribution in [0.15, 0.2) is 60.7 Å². The molecular formula is C23H30N4O. The first kappa shape index (κ1) is 18.8. The standard InChI is InChI=1S/C23H30N4O/c1-26(21-10-6-3-7-11-21)16-19-17-27-13-12-18(19)14-22(27)15-24-23(28)25-20-8-4-2-5-9-20/h2-11,18-19,22H,12-17H2,1H3,(H2,24,25,28). The lowest BCUT2D eigenvalue weighted by molar-refractivity contribution is 0.00612. The van der Waals surface area contributed by atoms with Crippen LogP contribution in [0.2, 0.25) is 0 Å². The lowest BCUT2D eigenvalue weighted by atomic mass is 9.75. The van der Waals surface area contributed by atoms with Crippen LogP contribution in [0.4, 0.5) is 16.2 Å². The summed E-state index contributed by atoms with van der Waals surface area (Å²) in [5.74, 6) is 1.45. The number of nitrogens with one attached hydrogen (secondary N) is 2. The van der Waals surface area contributed by atoms with Crippen molar-refractivity contribution in [3.8, 4) is 0 Å². The number of para-hydroxylation sites is 2. The topological polar surface area (TPSA) is 47.6 Å². The summed E-state index contributed by atoms with van der Waals surface area (Å²) in [6.07, 6.45) is 2.46. The lowest BCUT2D eigenvalue weighted by Gasteiger charge is -2.50. The zero-order valence-corrected chi connectivity index (χ0v) is 16.6. The molecular weight excluding hydrogens is 348 g/mol. The minimum absolute atomic E-state index is 0.116. The normalized spacial score (nSPS) is 25.9. The molecule has 148 valence electrons. The Kier molecular flexibility index (Phi) is 5.81. The first-order valence-electron chi connectivity index (χ1n) is 10.3. The predicted octanol–water partition coefficient (Wildman–Crippen LogP) is 3.65. The highest BCUT2D eigenvalue weighted by atomic mass is 16.2. The van der Waals surface area contributed by atoms with Crippen molar-refractivity contribution in [1.29, 1.82) is 0 Å². The molecule has 2 N–H and O–H groups in total. The van der Waals surface area contributed by atoms with Crippen LogP contribution in [0.5, 0.6) is 0 Å². The van der Waals surface area contributed by atoms with Crippen LogP contribution in [0, 0.1) is 11.8 Å². The third-order valence-corrected chi connectivity index (χ3v) is 6.25. The van der Waals surface area contributed by atoms with Crippen molar-refractivity contribution < 1.29 is 4.79 Å². The Morgan fingerprint density at radius 2 is 1.82 bits per heavy atom. The maximum Gasteiger partial charge on any atom is 0.319 e. The van der Waals surface area contributed by atoms with E-state index < -0.39 is 0 Å². The van der Waals surface area contributed by atoms with Crippen molar-refractivity contribution in [3.05, 3.63) is 60.7 Å². The number of fused-ring (bicyclic) bond motifs is 3. The van der Waals surface area contributed by atoms with Crippen LogP contribution in [0.25, 0.3) is 0 Å². The highest BCUT2D eigenvalue weighted by molar-refractivity contribution is 5.89. The molecule has 3 saturated heterocycles. The second-order valence-electron chi connectivity index (χ2n) is 8.11. The molecule has 3 fully saturated rings. The Morgan fingerprint density at radius 1 is 1.11 bits per heavy atom. The number of rotatable bonds is 6. The van der Waals surface area contributed by atoms with E-state index in [2.05, 4.69) is 57.8 Å². The number of urea groups is 1. The van der Waals surface area contributed by atoms with E-state index in [4.69, 9.17) is 0 Å². The van der Waals surface area contributed by atoms with Gasteiger partial charge in [-0.25, -0.2) is 4.79 Å². The van der Waals surface area contributed by atoms with Crippen molar-refractivity contribution in [3.63, 3.8) is 0 Å². The van der Waals surface area contributed by atoms with Crippen molar-refractivity contribution in [2.24, 2.45) is 11.8 Å². The van der Waals surface area contributed by atoms with Gasteiger partial charge in [0.25, 0.3) is 0 Å². The molecule has 2 amide bonds. The molecule has 0 aromatic heterocycles. The Hall–Kier alpha value is -2.53. The SMILES string of the molecule is CN(CC1CN2CCC1CC2CNC(=O)Nc1ccccc1)c1ccccc1. The summed E-state index contributed by atoms with van der Waals surface area (Å²) in [6, 6.07) is 20.6. The fourth-order valence-corrected chi connectivity index (χ4v) is 4.72. The molecule has 4 atom stereocenters. The largest absolute Gasteiger partial charge is 0.374 e. The van der Waals surface area contributed by atoms with Crippen LogP contribution < -0.4 is 15.5 Å². The number of piperidine rings is 3. The smallest absolute Gasteiger partial charge is 0.319 e. The number of hydrogen-bond donors (Lipinski definition) is 2. The van der Waals surface area contributed by atoms with Gasteiger partial charge in [-0.2, -0.15) is 0 Å². The molecule has 3 aliphatic heterocycles. The summed E-state index contributed by atoms with van der Waals surface area (Å²) in [6.45, 7) is 4.10. The average molecular weight is 379 g/mol. The highest BCUT2D eigenvalue weighted by Crippen LogP contribution is 2.36. The highest BCUT2D eigenvalue weighted by Gasteiger charge is 2.40. The number of carbonyl (C=O) groups excluding carboxylic acids is 1. The number of hydrogen-bond acceptors (Lipinski definition) is 3. The minimum atomic E-state index is -0.116. The molecule has 2 bridgehead atoms. The summed E-state index contributed by atoms with van der Waals surface area (Å²) in [7, 11) is 2.19. The maximum absolute atomic E-state index is 12.2. The van der Waals surface area contributed by atoms with E-state index in [1.165, 1.54) is 18.5 Å². The fourth-order valence-electron chi connectivity index (χ4n) is 4.72. The molecule has 2 aromatic rings. The molecule has 0 radical (unpaired) electrons. The summed E-state index contributed by atoms with van der Waals surface area (Å²) in [5.41, 5.74) is 2.12. The van der Waals surface area contributed by atoms with Gasteiger partial charge in [-0.1, -0.05) is 36.4 Å². The third-order valence-electron chi connectivity index (χ3n) is 6.25. The van der Waals surface area contributed by atoms with Crippen molar-refractivity contribution in [2.75, 3.05) is 43.4 Å². The second kappa shape index (κ2) is 8.65. The van der Waals surface area contributed by atoms with Crippen LogP contribution in [0.1, 0.15) is 12.8 Å². The van der Waals surface area contributed by atoms with Crippen molar-refractivity contribution >= 4 is 17.4 Å². The molecule has 4 unspecified atom stereocenters. The molecule has 2 aromatic carbocycles. The zero-order chi connectivity index (χ0) is 19.3. The molecule has 0 spiro atoms. The molecule has 0 saturated carbocycles. The number of anilines is 2. The molecule has 5 rings (SSSR count). The van der Waals surface area contributed by atoms with E-state index in [-0.39, 0.29) is 6.03 Å². The summed E-state index contributed by atoms with van der Waals surface area (Å²) >= 11 is 0. The minimum Gasteiger partial charge on any atom is -0.374 e. The van der Waals surface area contributed by atoms with Gasteiger partial charge < -0.3 is 15.5 Å². The summed E-state index contributed by atoms with van der Waals surface area (Å²) in [5, 5.41) is 5.97. The van der Waals surface area contributed by atoms with Gasteiger partial charge in [-0.3, -0.25) is 4.90 Å². The number of nitrogens with zero attached hydrogens (tertiary/aromatic N) is 2. The van der Waals surface area contributed by atoms with Gasteiger partial charge in [0, 0.05) is 44.1 Å². The maximum atomic E-state index is 12.2. The van der Waals surface area contributed by atoms with Gasteiger partial charge in [0.2, 0.25) is 0 Å². The fraction of sp³-hybridized carbons (Fsp3) is 0.435. The van der Waals surface area contributed by atoms with Gasteiger partial charge in [0.15, 0.2) is 0 Å². The number of benzene rings is 2. The Morgan fingerprint density at radius 3 is 2.50 bits per heavy atom. The number of carbonyl (C=O) groups is 1. The molecule has 5 nitrogen and oxygen atoms in total. The number of amides is 2. The van der Waals surface area contributed by atoms with Gasteiger partial charge in [-0.15, -0.1) is 0 Å². The Labute approximate surface area is 167 Å². The van der Waals surface area contributed by atoms with E-state index in [1.807, 2.05) is 30.3 Å². The zero-order valence-electron chi connectivity index (χ0n) is 16.6. The van der Waals surface area contributed by atoms with Gasteiger partial charge in [-0.05, 0) is 55.5 Å². The quantitative estimate of drug-likeness (QED) is 0.807. The average Bonchev–Trinajstić information content (AvgIpc) is 2.74. The van der Waals surface area contributed by atoms with E-state index in [1.54, 1.807) is 0 Å². The Bertz CT molecular complexity index is 767. The van der Waals surface area contributed by atoms with Gasteiger partial charge in [0.05, 0.1) is 0 Å². The van der Waals surface area contributed by atoms with Crippen LogP contribution in [-0.2, 0) is 0 Å². The van der Waals surface area contributed by atoms with Crippen molar-refractivity contribution in [1.82, 2.24) is 10.2 Å². The van der Waals surface area contributed by atoms with Crippen LogP contribution >= 0.6 is 0 Å². The molecule has 28 heavy (non-hydrogen) atoms. The van der Waals surface area contributed by atoms with E-state index >= 15 is 0 Å². The predicted molar refractivity (Wildman–Crippen MR) is 115 cm³/mol. The second-order valence-corrected chi connectivity index (χ2v) is 8.11. The summed E-state index contributed by atoms with van der Waals surface area (Å²) < 4.78 is 0. The van der Waals surface area contributed by atoms with Gasteiger partial charge in [0.1, 0.15) is 0 Å². The third kappa shape index (κ3) is 4.47. The van der Waals surface area contributed by atoms with E-state index in [0.29, 0.717) is 12.0 Å². The monoisotopic (exact) mass is 378 g/mol. The first-order chi connectivity index (χ1) is 13.7.